The van der Waals surface area contributed by atoms with Crippen molar-refractivity contribution in [3.8, 4) is 0 Å². The van der Waals surface area contributed by atoms with E-state index in [0.717, 1.165) is 0 Å². The Morgan fingerprint density at radius 2 is 1.75 bits per heavy atom. The molecule has 120 valence electrons. The molecule has 20 heavy (non-hydrogen) atoms. The molecule has 0 saturated heterocycles. The van der Waals surface area contributed by atoms with Gasteiger partial charge in [-0.2, -0.15) is 13.2 Å². The third kappa shape index (κ3) is 13.7. The monoisotopic (exact) mass is 410 g/mol. The first kappa shape index (κ1) is 21.6. The molecule has 0 spiro atoms. The molecule has 0 unspecified atom stereocenters. The van der Waals surface area contributed by atoms with E-state index < -0.39 is 12.6 Å². The van der Waals surface area contributed by atoms with Gasteiger partial charge < -0.3 is 16.0 Å². The quantitative estimate of drug-likeness (QED) is 0.355. The van der Waals surface area contributed by atoms with E-state index in [4.69, 9.17) is 0 Å². The van der Waals surface area contributed by atoms with Crippen molar-refractivity contribution >= 4 is 35.8 Å². The molecule has 0 rings (SSSR count). The number of aliphatic imine (C=N–C) groups is 1. The molecule has 0 aliphatic rings. The van der Waals surface area contributed by atoms with E-state index in [0.29, 0.717) is 6.54 Å². The highest BCUT2D eigenvalue weighted by Gasteiger charge is 2.26. The smallest absolute Gasteiger partial charge is 0.356 e. The van der Waals surface area contributed by atoms with Crippen LogP contribution >= 0.6 is 24.0 Å². The second kappa shape index (κ2) is 11.0. The first-order valence-corrected chi connectivity index (χ1v) is 6.05. The highest BCUT2D eigenvalue weighted by Crippen LogP contribution is 2.17. The lowest BCUT2D eigenvalue weighted by Gasteiger charge is -2.13. The van der Waals surface area contributed by atoms with Crippen LogP contribution < -0.4 is 16.0 Å². The number of alkyl halides is 3. The molecule has 0 heterocycles. The van der Waals surface area contributed by atoms with Crippen LogP contribution in [-0.4, -0.2) is 44.2 Å². The van der Waals surface area contributed by atoms with E-state index in [1.807, 2.05) is 13.8 Å². The van der Waals surface area contributed by atoms with Gasteiger partial charge in [0.05, 0.1) is 6.42 Å². The summed E-state index contributed by atoms with van der Waals surface area (Å²) in [5.74, 6) is 0.134. The minimum absolute atomic E-state index is 0. The van der Waals surface area contributed by atoms with Crippen molar-refractivity contribution < 1.29 is 18.0 Å². The minimum Gasteiger partial charge on any atom is -0.356 e. The molecular formula is C11H22F3IN4O. The van der Waals surface area contributed by atoms with Gasteiger partial charge in [0, 0.05) is 32.6 Å². The molecule has 0 aliphatic carbocycles. The molecule has 0 fully saturated rings. The largest absolute Gasteiger partial charge is 0.390 e. The summed E-state index contributed by atoms with van der Waals surface area (Å²) in [4.78, 5) is 15.1. The molecule has 0 aliphatic heterocycles. The fourth-order valence-corrected chi connectivity index (χ4v) is 1.23. The topological polar surface area (TPSA) is 65.5 Å². The van der Waals surface area contributed by atoms with Crippen molar-refractivity contribution in [1.29, 1.82) is 0 Å². The van der Waals surface area contributed by atoms with Crippen LogP contribution in [0.4, 0.5) is 13.2 Å². The van der Waals surface area contributed by atoms with Gasteiger partial charge in [0.15, 0.2) is 5.96 Å². The summed E-state index contributed by atoms with van der Waals surface area (Å²) in [6.07, 6.45) is -4.89. The van der Waals surface area contributed by atoms with Crippen LogP contribution in [-0.2, 0) is 4.79 Å². The zero-order valence-electron chi connectivity index (χ0n) is 11.8. The maximum Gasteiger partial charge on any atom is 0.390 e. The molecule has 0 atom stereocenters. The second-order valence-corrected chi connectivity index (χ2v) is 4.26. The molecule has 9 heteroatoms. The number of amides is 1. The molecule has 1 amide bonds. The van der Waals surface area contributed by atoms with Crippen LogP contribution in [0.25, 0.3) is 0 Å². The molecule has 0 radical (unpaired) electrons. The van der Waals surface area contributed by atoms with Gasteiger partial charge in [0.1, 0.15) is 0 Å². The highest BCUT2D eigenvalue weighted by atomic mass is 127. The summed E-state index contributed by atoms with van der Waals surface area (Å²) in [6, 6.07) is 0.0664. The number of carbonyl (C=O) groups excluding carboxylic acids is 1. The van der Waals surface area contributed by atoms with Gasteiger partial charge in [-0.15, -0.1) is 24.0 Å². The Hall–Kier alpha value is -0.740. The summed E-state index contributed by atoms with van der Waals surface area (Å²) in [6.45, 7) is 3.76. The molecule has 0 aromatic carbocycles. The van der Waals surface area contributed by atoms with E-state index in [1.54, 1.807) is 0 Å². The van der Waals surface area contributed by atoms with Crippen LogP contribution in [0, 0.1) is 0 Å². The summed E-state index contributed by atoms with van der Waals surface area (Å²) in [5, 5.41) is 8.01. The molecule has 5 nitrogen and oxygen atoms in total. The zero-order valence-corrected chi connectivity index (χ0v) is 14.1. The van der Waals surface area contributed by atoms with Crippen molar-refractivity contribution in [3.05, 3.63) is 0 Å². The second-order valence-electron chi connectivity index (χ2n) is 4.26. The SMILES string of the molecule is CN=C(NCCC(=O)NC(C)C)NCCC(F)(F)F.I. The standard InChI is InChI=1S/C11H21F3N4O.HI/c1-8(2)18-9(19)4-6-16-10(15-3)17-7-5-11(12,13)14;/h8H,4-7H2,1-3H3,(H,18,19)(H2,15,16,17);1H. The third-order valence-electron chi connectivity index (χ3n) is 2.02. The van der Waals surface area contributed by atoms with E-state index in [2.05, 4.69) is 20.9 Å². The first-order valence-electron chi connectivity index (χ1n) is 6.05. The molecule has 0 saturated carbocycles. The Morgan fingerprint density at radius 1 is 1.20 bits per heavy atom. The number of hydrogen-bond acceptors (Lipinski definition) is 2. The summed E-state index contributed by atoms with van der Waals surface area (Å²) < 4.78 is 35.8. The minimum atomic E-state index is -4.19. The van der Waals surface area contributed by atoms with Crippen molar-refractivity contribution in [2.75, 3.05) is 20.1 Å². The normalized spacial score (nSPS) is 11.8. The number of carbonyl (C=O) groups is 1. The third-order valence-corrected chi connectivity index (χ3v) is 2.02. The number of hydrogen-bond donors (Lipinski definition) is 3. The summed E-state index contributed by atoms with van der Waals surface area (Å²) in [5.41, 5.74) is 0. The van der Waals surface area contributed by atoms with Crippen molar-refractivity contribution in [1.82, 2.24) is 16.0 Å². The Labute approximate surface area is 134 Å². The van der Waals surface area contributed by atoms with Crippen LogP contribution in [0.2, 0.25) is 0 Å². The van der Waals surface area contributed by atoms with Gasteiger partial charge in [0.25, 0.3) is 0 Å². The highest BCUT2D eigenvalue weighted by molar-refractivity contribution is 14.0. The number of rotatable bonds is 6. The van der Waals surface area contributed by atoms with Crippen LogP contribution in [0.5, 0.6) is 0 Å². The van der Waals surface area contributed by atoms with Gasteiger partial charge in [-0.3, -0.25) is 9.79 Å². The predicted octanol–water partition coefficient (Wildman–Crippen LogP) is 1.64. The van der Waals surface area contributed by atoms with E-state index >= 15 is 0 Å². The summed E-state index contributed by atoms with van der Waals surface area (Å²) in [7, 11) is 1.46. The van der Waals surface area contributed by atoms with Gasteiger partial charge in [0.2, 0.25) is 5.91 Å². The van der Waals surface area contributed by atoms with Gasteiger partial charge in [-0.1, -0.05) is 0 Å². The lowest BCUT2D eigenvalue weighted by atomic mass is 10.3. The van der Waals surface area contributed by atoms with Crippen molar-refractivity contribution in [2.45, 2.75) is 38.9 Å². The zero-order chi connectivity index (χ0) is 14.9. The van der Waals surface area contributed by atoms with E-state index in [9.17, 15) is 18.0 Å². The lowest BCUT2D eigenvalue weighted by Crippen LogP contribution is -2.41. The summed E-state index contributed by atoms with van der Waals surface area (Å²) >= 11 is 0. The lowest BCUT2D eigenvalue weighted by molar-refractivity contribution is -0.132. The predicted molar refractivity (Wildman–Crippen MR) is 83.3 cm³/mol. The first-order chi connectivity index (χ1) is 8.74. The number of nitrogens with zero attached hydrogens (tertiary/aromatic N) is 1. The maximum absolute atomic E-state index is 11.9. The molecule has 0 aromatic rings. The van der Waals surface area contributed by atoms with Crippen LogP contribution in [0.3, 0.4) is 0 Å². The molecular weight excluding hydrogens is 388 g/mol. The van der Waals surface area contributed by atoms with Crippen molar-refractivity contribution in [2.24, 2.45) is 4.99 Å². The van der Waals surface area contributed by atoms with Crippen molar-refractivity contribution in [3.63, 3.8) is 0 Å². The average molecular weight is 410 g/mol. The Bertz CT molecular complexity index is 309. The molecule has 0 bridgehead atoms. The number of guanidine groups is 1. The Kier molecular flexibility index (Phi) is 11.8. The van der Waals surface area contributed by atoms with Gasteiger partial charge >= 0.3 is 6.18 Å². The number of halogens is 4. The fourth-order valence-electron chi connectivity index (χ4n) is 1.23. The fraction of sp³-hybridized carbons (Fsp3) is 0.818. The Balaban J connectivity index is 0. The number of nitrogens with one attached hydrogen (secondary N) is 3. The van der Waals surface area contributed by atoms with Crippen LogP contribution in [0.1, 0.15) is 26.7 Å². The Morgan fingerprint density at radius 3 is 2.20 bits per heavy atom. The van der Waals surface area contributed by atoms with Gasteiger partial charge in [-0.25, -0.2) is 0 Å². The molecule has 0 aromatic heterocycles. The van der Waals surface area contributed by atoms with E-state index in [-0.39, 0.29) is 54.9 Å². The molecule has 3 N–H and O–H groups in total. The average Bonchev–Trinajstić information content (AvgIpc) is 2.24. The maximum atomic E-state index is 11.9. The van der Waals surface area contributed by atoms with E-state index in [1.165, 1.54) is 7.05 Å². The van der Waals surface area contributed by atoms with Crippen LogP contribution in [0.15, 0.2) is 4.99 Å². The van der Waals surface area contributed by atoms with Gasteiger partial charge in [-0.05, 0) is 13.8 Å².